The van der Waals surface area contributed by atoms with Gasteiger partial charge in [0.05, 0.1) is 23.3 Å². The van der Waals surface area contributed by atoms with E-state index in [1.54, 1.807) is 24.5 Å². The van der Waals surface area contributed by atoms with E-state index < -0.39 is 0 Å². The van der Waals surface area contributed by atoms with Crippen molar-refractivity contribution in [2.45, 2.75) is 25.8 Å². The maximum absolute atomic E-state index is 12.6. The molecule has 2 aromatic heterocycles. The standard InChI is InChI=1S/C19H20N4O2/c1-13-5-2-7-15-18(13)22-19(21-15)16-8-4-10-23(16)17(24)12-25-14-6-3-9-20-11-14/h2-3,5-7,9,11,16H,4,8,10,12H2,1H3,(H,21,22)/t16-/m0/s1. The summed E-state index contributed by atoms with van der Waals surface area (Å²) < 4.78 is 5.56. The molecular formula is C19H20N4O2. The van der Waals surface area contributed by atoms with Crippen LogP contribution >= 0.6 is 0 Å². The number of pyridine rings is 1. The molecule has 3 heterocycles. The highest BCUT2D eigenvalue weighted by atomic mass is 16.5. The van der Waals surface area contributed by atoms with Crippen molar-refractivity contribution in [1.82, 2.24) is 19.9 Å². The second kappa shape index (κ2) is 6.55. The van der Waals surface area contributed by atoms with Gasteiger partial charge in [-0.1, -0.05) is 12.1 Å². The molecule has 1 amide bonds. The number of carbonyl (C=O) groups excluding carboxylic acids is 1. The molecule has 1 saturated heterocycles. The monoisotopic (exact) mass is 336 g/mol. The summed E-state index contributed by atoms with van der Waals surface area (Å²) in [6.45, 7) is 2.80. The fraction of sp³-hybridized carbons (Fsp3) is 0.316. The van der Waals surface area contributed by atoms with Crippen molar-refractivity contribution < 1.29 is 9.53 Å². The van der Waals surface area contributed by atoms with Crippen LogP contribution in [-0.2, 0) is 4.79 Å². The lowest BCUT2D eigenvalue weighted by molar-refractivity contribution is -0.134. The number of fused-ring (bicyclic) bond motifs is 1. The minimum atomic E-state index is -0.0245. The van der Waals surface area contributed by atoms with E-state index in [2.05, 4.69) is 9.97 Å². The van der Waals surface area contributed by atoms with E-state index >= 15 is 0 Å². The fourth-order valence-electron chi connectivity index (χ4n) is 3.36. The third-order valence-corrected chi connectivity index (χ3v) is 4.62. The van der Waals surface area contributed by atoms with Gasteiger partial charge >= 0.3 is 0 Å². The summed E-state index contributed by atoms with van der Waals surface area (Å²) in [6, 6.07) is 9.65. The fourth-order valence-corrected chi connectivity index (χ4v) is 3.36. The normalized spacial score (nSPS) is 17.2. The highest BCUT2D eigenvalue weighted by molar-refractivity contribution is 5.80. The van der Waals surface area contributed by atoms with Crippen molar-refractivity contribution in [1.29, 1.82) is 0 Å². The molecule has 0 aliphatic carbocycles. The average molecular weight is 336 g/mol. The molecule has 3 aromatic rings. The number of nitrogens with zero attached hydrogens (tertiary/aromatic N) is 3. The molecule has 0 unspecified atom stereocenters. The molecule has 25 heavy (non-hydrogen) atoms. The summed E-state index contributed by atoms with van der Waals surface area (Å²) in [5.41, 5.74) is 3.13. The molecule has 1 N–H and O–H groups in total. The third kappa shape index (κ3) is 3.07. The van der Waals surface area contributed by atoms with Gasteiger partial charge in [0.25, 0.3) is 5.91 Å². The van der Waals surface area contributed by atoms with Crippen LogP contribution in [0.15, 0.2) is 42.7 Å². The number of carbonyl (C=O) groups is 1. The molecular weight excluding hydrogens is 316 g/mol. The molecule has 0 bridgehead atoms. The van der Waals surface area contributed by atoms with Gasteiger partial charge in [0.2, 0.25) is 0 Å². The predicted octanol–water partition coefficient (Wildman–Crippen LogP) is 3.01. The largest absolute Gasteiger partial charge is 0.482 e. The van der Waals surface area contributed by atoms with Gasteiger partial charge in [0.15, 0.2) is 6.61 Å². The molecule has 128 valence electrons. The van der Waals surface area contributed by atoms with E-state index in [0.29, 0.717) is 5.75 Å². The van der Waals surface area contributed by atoms with E-state index in [1.807, 2.05) is 30.0 Å². The van der Waals surface area contributed by atoms with Crippen molar-refractivity contribution >= 4 is 16.9 Å². The second-order valence-corrected chi connectivity index (χ2v) is 6.32. The third-order valence-electron chi connectivity index (χ3n) is 4.62. The molecule has 0 radical (unpaired) electrons. The van der Waals surface area contributed by atoms with Crippen LogP contribution in [0.25, 0.3) is 11.0 Å². The van der Waals surface area contributed by atoms with Crippen LogP contribution in [0.2, 0.25) is 0 Å². The molecule has 0 saturated carbocycles. The molecule has 1 atom stereocenters. The number of hydrogen-bond acceptors (Lipinski definition) is 4. The number of aromatic amines is 1. The number of likely N-dealkylation sites (tertiary alicyclic amines) is 1. The molecule has 1 aliphatic rings. The van der Waals surface area contributed by atoms with Crippen molar-refractivity contribution in [3.63, 3.8) is 0 Å². The van der Waals surface area contributed by atoms with Gasteiger partial charge < -0.3 is 14.6 Å². The van der Waals surface area contributed by atoms with Gasteiger partial charge in [-0.05, 0) is 43.5 Å². The maximum atomic E-state index is 12.6. The van der Waals surface area contributed by atoms with Crippen LogP contribution in [0.4, 0.5) is 0 Å². The summed E-state index contributed by atoms with van der Waals surface area (Å²) >= 11 is 0. The van der Waals surface area contributed by atoms with E-state index in [0.717, 1.165) is 41.8 Å². The second-order valence-electron chi connectivity index (χ2n) is 6.32. The van der Waals surface area contributed by atoms with E-state index in [-0.39, 0.29) is 18.6 Å². The van der Waals surface area contributed by atoms with Gasteiger partial charge in [-0.15, -0.1) is 0 Å². The number of amides is 1. The lowest BCUT2D eigenvalue weighted by Gasteiger charge is -2.23. The first-order chi connectivity index (χ1) is 12.2. The summed E-state index contributed by atoms with van der Waals surface area (Å²) in [7, 11) is 0. The number of rotatable bonds is 4. The zero-order chi connectivity index (χ0) is 17.2. The van der Waals surface area contributed by atoms with Crippen LogP contribution < -0.4 is 4.74 Å². The molecule has 6 heteroatoms. The topological polar surface area (TPSA) is 71.1 Å². The number of benzene rings is 1. The Morgan fingerprint density at radius 2 is 2.28 bits per heavy atom. The minimum Gasteiger partial charge on any atom is -0.482 e. The average Bonchev–Trinajstić information content (AvgIpc) is 3.28. The number of nitrogens with one attached hydrogen (secondary N) is 1. The van der Waals surface area contributed by atoms with Gasteiger partial charge in [-0.25, -0.2) is 4.98 Å². The summed E-state index contributed by atoms with van der Waals surface area (Å²) in [5, 5.41) is 0. The number of ether oxygens (including phenoxy) is 1. The predicted molar refractivity (Wildman–Crippen MR) is 94.3 cm³/mol. The van der Waals surface area contributed by atoms with E-state index in [1.165, 1.54) is 0 Å². The number of para-hydroxylation sites is 1. The zero-order valence-electron chi connectivity index (χ0n) is 14.1. The number of aromatic nitrogens is 3. The molecule has 0 spiro atoms. The Kier molecular flexibility index (Phi) is 4.09. The minimum absolute atomic E-state index is 0.0153. The number of aryl methyl sites for hydroxylation is 1. The summed E-state index contributed by atoms with van der Waals surface area (Å²) in [5.74, 6) is 1.44. The van der Waals surface area contributed by atoms with Crippen molar-refractivity contribution in [3.05, 3.63) is 54.1 Å². The first kappa shape index (κ1) is 15.6. The smallest absolute Gasteiger partial charge is 0.261 e. The molecule has 1 aromatic carbocycles. The van der Waals surface area contributed by atoms with Crippen LogP contribution in [0.5, 0.6) is 5.75 Å². The van der Waals surface area contributed by atoms with Crippen LogP contribution in [0.3, 0.4) is 0 Å². The molecule has 6 nitrogen and oxygen atoms in total. The molecule has 1 fully saturated rings. The Morgan fingerprint density at radius 3 is 3.08 bits per heavy atom. The summed E-state index contributed by atoms with van der Waals surface area (Å²) in [4.78, 5) is 26.6. The lowest BCUT2D eigenvalue weighted by Crippen LogP contribution is -2.34. The number of H-pyrrole nitrogens is 1. The quantitative estimate of drug-likeness (QED) is 0.795. The Hall–Kier alpha value is -2.89. The van der Waals surface area contributed by atoms with Crippen molar-refractivity contribution in [2.24, 2.45) is 0 Å². The SMILES string of the molecule is Cc1cccc2[nH]c([C@@H]3CCCN3C(=O)COc3cccnc3)nc12. The van der Waals surface area contributed by atoms with Gasteiger partial charge in [-0.2, -0.15) is 0 Å². The van der Waals surface area contributed by atoms with Crippen LogP contribution in [-0.4, -0.2) is 38.9 Å². The summed E-state index contributed by atoms with van der Waals surface area (Å²) in [6.07, 6.45) is 5.17. The first-order valence-electron chi connectivity index (χ1n) is 8.50. The lowest BCUT2D eigenvalue weighted by atomic mass is 10.2. The Bertz CT molecular complexity index is 891. The molecule has 4 rings (SSSR count). The van der Waals surface area contributed by atoms with Gasteiger partial charge in [0.1, 0.15) is 11.6 Å². The highest BCUT2D eigenvalue weighted by Gasteiger charge is 2.32. The Labute approximate surface area is 145 Å². The maximum Gasteiger partial charge on any atom is 0.261 e. The Morgan fingerprint density at radius 1 is 1.36 bits per heavy atom. The van der Waals surface area contributed by atoms with Crippen LogP contribution in [0, 0.1) is 6.92 Å². The highest BCUT2D eigenvalue weighted by Crippen LogP contribution is 2.32. The van der Waals surface area contributed by atoms with Gasteiger partial charge in [-0.3, -0.25) is 9.78 Å². The Balaban J connectivity index is 1.51. The number of hydrogen-bond donors (Lipinski definition) is 1. The first-order valence-corrected chi connectivity index (χ1v) is 8.50. The van der Waals surface area contributed by atoms with E-state index in [9.17, 15) is 4.79 Å². The van der Waals surface area contributed by atoms with Crippen LogP contribution in [0.1, 0.15) is 30.3 Å². The van der Waals surface area contributed by atoms with E-state index in [4.69, 9.17) is 9.72 Å². The van der Waals surface area contributed by atoms with Crippen molar-refractivity contribution in [2.75, 3.05) is 13.2 Å². The van der Waals surface area contributed by atoms with Gasteiger partial charge in [0, 0.05) is 12.7 Å². The number of imidazole rings is 1. The molecule has 1 aliphatic heterocycles. The zero-order valence-corrected chi connectivity index (χ0v) is 14.1. The van der Waals surface area contributed by atoms with Crippen molar-refractivity contribution in [3.8, 4) is 5.75 Å².